The highest BCUT2D eigenvalue weighted by Gasteiger charge is 2.16. The lowest BCUT2D eigenvalue weighted by Crippen LogP contribution is -2.30. The van der Waals surface area contributed by atoms with Gasteiger partial charge < -0.3 is 9.80 Å². The van der Waals surface area contributed by atoms with Crippen LogP contribution < -0.4 is 0 Å². The predicted molar refractivity (Wildman–Crippen MR) is 58.2 cm³/mol. The molecule has 0 unspecified atom stereocenters. The Hall–Kier alpha value is -0.570. The van der Waals surface area contributed by atoms with Crippen LogP contribution in [0.15, 0.2) is 0 Å². The largest absolute Gasteiger partial charge is 0.344 e. The molecule has 0 saturated carbocycles. The molecule has 0 spiro atoms. The first-order valence-corrected chi connectivity index (χ1v) is 5.70. The van der Waals surface area contributed by atoms with Gasteiger partial charge in [0, 0.05) is 33.1 Å². The van der Waals surface area contributed by atoms with Crippen molar-refractivity contribution in [2.45, 2.75) is 32.6 Å². The summed E-state index contributed by atoms with van der Waals surface area (Å²) in [6.07, 6.45) is 4.55. The number of unbranched alkanes of at least 4 members (excludes halogenated alkanes) is 2. The van der Waals surface area contributed by atoms with Crippen LogP contribution in [-0.4, -0.2) is 48.9 Å². The standard InChI is InChI=1S/C11H22N2O/c1-3-4-5-7-13-8-6-11(14)12(2)9-10-13/h3-10H2,1-2H3. The van der Waals surface area contributed by atoms with Crippen molar-refractivity contribution in [2.24, 2.45) is 0 Å². The highest BCUT2D eigenvalue weighted by atomic mass is 16.2. The fraction of sp³-hybridized carbons (Fsp3) is 0.909. The zero-order chi connectivity index (χ0) is 10.4. The van der Waals surface area contributed by atoms with Crippen LogP contribution in [0.5, 0.6) is 0 Å². The Labute approximate surface area is 87.1 Å². The lowest BCUT2D eigenvalue weighted by molar-refractivity contribution is -0.129. The molecule has 1 amide bonds. The minimum absolute atomic E-state index is 0.294. The Balaban J connectivity index is 2.24. The third-order valence-corrected chi connectivity index (χ3v) is 2.90. The van der Waals surface area contributed by atoms with Gasteiger partial charge >= 0.3 is 0 Å². The molecular weight excluding hydrogens is 176 g/mol. The maximum absolute atomic E-state index is 11.4. The molecule has 1 saturated heterocycles. The zero-order valence-electron chi connectivity index (χ0n) is 9.46. The minimum Gasteiger partial charge on any atom is -0.344 e. The van der Waals surface area contributed by atoms with Crippen LogP contribution in [0.1, 0.15) is 32.6 Å². The maximum atomic E-state index is 11.4. The second kappa shape index (κ2) is 6.02. The molecule has 82 valence electrons. The molecule has 3 heteroatoms. The van der Waals surface area contributed by atoms with Gasteiger partial charge in [0.25, 0.3) is 0 Å². The summed E-state index contributed by atoms with van der Waals surface area (Å²) in [7, 11) is 1.90. The number of nitrogens with zero attached hydrogens (tertiary/aromatic N) is 2. The van der Waals surface area contributed by atoms with Crippen LogP contribution >= 0.6 is 0 Å². The maximum Gasteiger partial charge on any atom is 0.223 e. The van der Waals surface area contributed by atoms with Gasteiger partial charge in [-0.3, -0.25) is 4.79 Å². The smallest absolute Gasteiger partial charge is 0.223 e. The second-order valence-electron chi connectivity index (χ2n) is 4.11. The number of carbonyl (C=O) groups is 1. The number of hydrogen-bond donors (Lipinski definition) is 0. The van der Waals surface area contributed by atoms with Gasteiger partial charge in [0.15, 0.2) is 0 Å². The SMILES string of the molecule is CCCCCN1CCC(=O)N(C)CC1. The van der Waals surface area contributed by atoms with E-state index in [0.29, 0.717) is 12.3 Å². The van der Waals surface area contributed by atoms with E-state index >= 15 is 0 Å². The first-order valence-electron chi connectivity index (χ1n) is 5.70. The Morgan fingerprint density at radius 2 is 2.00 bits per heavy atom. The fourth-order valence-corrected chi connectivity index (χ4v) is 1.78. The summed E-state index contributed by atoms with van der Waals surface area (Å²) in [4.78, 5) is 15.6. The van der Waals surface area contributed by atoms with Crippen molar-refractivity contribution >= 4 is 5.91 Å². The molecule has 1 heterocycles. The van der Waals surface area contributed by atoms with Gasteiger partial charge in [-0.2, -0.15) is 0 Å². The van der Waals surface area contributed by atoms with Gasteiger partial charge in [-0.1, -0.05) is 19.8 Å². The van der Waals surface area contributed by atoms with Gasteiger partial charge in [-0.25, -0.2) is 0 Å². The van der Waals surface area contributed by atoms with E-state index in [1.165, 1.54) is 19.3 Å². The van der Waals surface area contributed by atoms with Crippen LogP contribution in [0.25, 0.3) is 0 Å². The van der Waals surface area contributed by atoms with Crippen molar-refractivity contribution in [3.05, 3.63) is 0 Å². The molecule has 0 aromatic rings. The van der Waals surface area contributed by atoms with Gasteiger partial charge in [0.1, 0.15) is 0 Å². The quantitative estimate of drug-likeness (QED) is 0.636. The predicted octanol–water partition coefficient (Wildman–Crippen LogP) is 1.34. The van der Waals surface area contributed by atoms with E-state index < -0.39 is 0 Å². The normalized spacial score (nSPS) is 19.9. The minimum atomic E-state index is 0.294. The summed E-state index contributed by atoms with van der Waals surface area (Å²) >= 11 is 0. The summed E-state index contributed by atoms with van der Waals surface area (Å²) in [5, 5.41) is 0. The number of rotatable bonds is 4. The van der Waals surface area contributed by atoms with E-state index in [0.717, 1.165) is 26.2 Å². The molecule has 3 nitrogen and oxygen atoms in total. The van der Waals surface area contributed by atoms with Crippen molar-refractivity contribution in [3.63, 3.8) is 0 Å². The monoisotopic (exact) mass is 198 g/mol. The van der Waals surface area contributed by atoms with Crippen LogP contribution in [-0.2, 0) is 4.79 Å². The Kier molecular flexibility index (Phi) is 4.94. The first-order chi connectivity index (χ1) is 6.74. The highest BCUT2D eigenvalue weighted by molar-refractivity contribution is 5.76. The summed E-state index contributed by atoms with van der Waals surface area (Å²) in [5.74, 6) is 0.294. The van der Waals surface area contributed by atoms with E-state index in [1.54, 1.807) is 0 Å². The van der Waals surface area contributed by atoms with Gasteiger partial charge in [-0.05, 0) is 13.0 Å². The summed E-state index contributed by atoms with van der Waals surface area (Å²) in [6, 6.07) is 0. The molecular formula is C11H22N2O. The van der Waals surface area contributed by atoms with E-state index in [4.69, 9.17) is 0 Å². The zero-order valence-corrected chi connectivity index (χ0v) is 9.46. The van der Waals surface area contributed by atoms with Gasteiger partial charge in [0.2, 0.25) is 5.91 Å². The third kappa shape index (κ3) is 3.66. The van der Waals surface area contributed by atoms with E-state index in [9.17, 15) is 4.79 Å². The second-order valence-corrected chi connectivity index (χ2v) is 4.11. The average molecular weight is 198 g/mol. The number of hydrogen-bond acceptors (Lipinski definition) is 2. The van der Waals surface area contributed by atoms with Crippen LogP contribution in [0.4, 0.5) is 0 Å². The lowest BCUT2D eigenvalue weighted by Gasteiger charge is -2.19. The Morgan fingerprint density at radius 1 is 1.21 bits per heavy atom. The molecule has 0 radical (unpaired) electrons. The molecule has 0 aromatic carbocycles. The molecule has 1 aliphatic rings. The van der Waals surface area contributed by atoms with Crippen molar-refractivity contribution in [1.82, 2.24) is 9.80 Å². The molecule has 1 fully saturated rings. The molecule has 0 aromatic heterocycles. The fourth-order valence-electron chi connectivity index (χ4n) is 1.78. The van der Waals surface area contributed by atoms with E-state index in [1.807, 2.05) is 11.9 Å². The topological polar surface area (TPSA) is 23.6 Å². The van der Waals surface area contributed by atoms with E-state index in [2.05, 4.69) is 11.8 Å². The molecule has 1 rings (SSSR count). The number of carbonyl (C=O) groups excluding carboxylic acids is 1. The molecule has 1 aliphatic heterocycles. The summed E-state index contributed by atoms with van der Waals surface area (Å²) < 4.78 is 0. The van der Waals surface area contributed by atoms with Crippen molar-refractivity contribution in [3.8, 4) is 0 Å². The van der Waals surface area contributed by atoms with Crippen LogP contribution in [0, 0.1) is 0 Å². The molecule has 0 atom stereocenters. The summed E-state index contributed by atoms with van der Waals surface area (Å²) in [6.45, 7) is 6.28. The van der Waals surface area contributed by atoms with E-state index in [-0.39, 0.29) is 0 Å². The lowest BCUT2D eigenvalue weighted by atomic mass is 10.2. The summed E-state index contributed by atoms with van der Waals surface area (Å²) in [5.41, 5.74) is 0. The van der Waals surface area contributed by atoms with Crippen molar-refractivity contribution < 1.29 is 4.79 Å². The van der Waals surface area contributed by atoms with Crippen molar-refractivity contribution in [1.29, 1.82) is 0 Å². The molecule has 0 N–H and O–H groups in total. The molecule has 0 bridgehead atoms. The Bertz CT molecular complexity index is 182. The molecule has 14 heavy (non-hydrogen) atoms. The van der Waals surface area contributed by atoms with Crippen LogP contribution in [0.3, 0.4) is 0 Å². The van der Waals surface area contributed by atoms with Gasteiger partial charge in [0.05, 0.1) is 0 Å². The number of amides is 1. The highest BCUT2D eigenvalue weighted by Crippen LogP contribution is 2.04. The number of likely N-dealkylation sites (N-methyl/N-ethyl adjacent to an activating group) is 1. The first kappa shape index (κ1) is 11.5. The third-order valence-electron chi connectivity index (χ3n) is 2.90. The van der Waals surface area contributed by atoms with Gasteiger partial charge in [-0.15, -0.1) is 0 Å². The molecule has 0 aliphatic carbocycles. The average Bonchev–Trinajstić information content (AvgIpc) is 2.33. The van der Waals surface area contributed by atoms with Crippen LogP contribution in [0.2, 0.25) is 0 Å². The van der Waals surface area contributed by atoms with Crippen molar-refractivity contribution in [2.75, 3.05) is 33.2 Å². The Morgan fingerprint density at radius 3 is 2.71 bits per heavy atom.